The first-order valence-corrected chi connectivity index (χ1v) is 6.57. The molecule has 0 radical (unpaired) electrons. The van der Waals surface area contributed by atoms with E-state index in [0.29, 0.717) is 19.4 Å². The Kier molecular flexibility index (Phi) is 4.49. The van der Waals surface area contributed by atoms with E-state index in [1.165, 1.54) is 0 Å². The minimum atomic E-state index is -1.11. The zero-order valence-electron chi connectivity index (χ0n) is 10.7. The predicted molar refractivity (Wildman–Crippen MR) is 66.5 cm³/mol. The molecule has 5 heteroatoms. The van der Waals surface area contributed by atoms with Gasteiger partial charge < -0.3 is 15.2 Å². The summed E-state index contributed by atoms with van der Waals surface area (Å²) >= 11 is 0. The number of nitrogens with zero attached hydrogens (tertiary/aromatic N) is 1. The Labute approximate surface area is 112 Å². The maximum atomic E-state index is 12.1. The van der Waals surface area contributed by atoms with Crippen LogP contribution < -0.4 is 10.4 Å². The number of carboxylic acid groups (broad SMARTS) is 1. The fourth-order valence-corrected chi connectivity index (χ4v) is 2.54. The van der Waals surface area contributed by atoms with Gasteiger partial charge in [-0.1, -0.05) is 18.9 Å². The summed E-state index contributed by atoms with van der Waals surface area (Å²) in [7, 11) is 0. The molecule has 1 aromatic rings. The molecule has 0 aliphatic heterocycles. The molecule has 2 atom stereocenters. The van der Waals surface area contributed by atoms with Crippen LogP contribution in [-0.2, 0) is 16.1 Å². The quantitative estimate of drug-likeness (QED) is 0.842. The first-order valence-electron chi connectivity index (χ1n) is 6.57. The third-order valence-corrected chi connectivity index (χ3v) is 3.58. The van der Waals surface area contributed by atoms with Gasteiger partial charge in [0.05, 0.1) is 12.2 Å². The zero-order chi connectivity index (χ0) is 13.7. The van der Waals surface area contributed by atoms with Crippen molar-refractivity contribution in [2.75, 3.05) is 0 Å². The average Bonchev–Trinajstić information content (AvgIpc) is 2.46. The van der Waals surface area contributed by atoms with Crippen LogP contribution in [0.5, 0.6) is 0 Å². The molecule has 1 aliphatic carbocycles. The molecule has 1 amide bonds. The number of aliphatic carboxylic acids is 1. The van der Waals surface area contributed by atoms with Crippen molar-refractivity contribution in [1.29, 1.82) is 0 Å². The van der Waals surface area contributed by atoms with Crippen molar-refractivity contribution in [2.45, 2.75) is 32.2 Å². The highest BCUT2D eigenvalue weighted by Crippen LogP contribution is 2.29. The number of rotatable bonds is 4. The third-order valence-electron chi connectivity index (χ3n) is 3.58. The summed E-state index contributed by atoms with van der Waals surface area (Å²) in [4.78, 5) is 27.2. The number of carboxylic acids is 1. The minimum absolute atomic E-state index is 0.209. The van der Waals surface area contributed by atoms with Gasteiger partial charge in [0.1, 0.15) is 0 Å². The number of carbonyl (C=O) groups is 2. The number of hydrogen-bond donors (Lipinski definition) is 1. The van der Waals surface area contributed by atoms with E-state index in [1.807, 2.05) is 12.1 Å². The molecule has 0 bridgehead atoms. The number of carbonyl (C=O) groups excluding carboxylic acids is 2. The van der Waals surface area contributed by atoms with Crippen molar-refractivity contribution in [2.24, 2.45) is 11.8 Å². The standard InChI is InChI=1S/C14H18N2O3/c17-13(16-9-10-5-3-4-8-15-10)11-6-1-2-7-12(11)14(18)19/h3-5,8,11-12H,1-2,6-7,9H2,(H,16,17)(H,18,19)/p-1. The first-order chi connectivity index (χ1) is 9.18. The molecule has 2 rings (SSSR count). The molecule has 2 unspecified atom stereocenters. The maximum absolute atomic E-state index is 12.1. The Bertz CT molecular complexity index is 447. The van der Waals surface area contributed by atoms with E-state index < -0.39 is 17.8 Å². The van der Waals surface area contributed by atoms with Crippen molar-refractivity contribution in [1.82, 2.24) is 10.3 Å². The van der Waals surface area contributed by atoms with Crippen LogP contribution in [0.1, 0.15) is 31.4 Å². The molecule has 102 valence electrons. The van der Waals surface area contributed by atoms with Gasteiger partial charge >= 0.3 is 0 Å². The Hall–Kier alpha value is -1.91. The van der Waals surface area contributed by atoms with Crippen LogP contribution in [0.4, 0.5) is 0 Å². The lowest BCUT2D eigenvalue weighted by molar-refractivity contribution is -0.314. The molecule has 19 heavy (non-hydrogen) atoms. The van der Waals surface area contributed by atoms with Crippen molar-refractivity contribution in [3.05, 3.63) is 30.1 Å². The van der Waals surface area contributed by atoms with Crippen LogP contribution in [-0.4, -0.2) is 16.9 Å². The lowest BCUT2D eigenvalue weighted by Gasteiger charge is -2.31. The van der Waals surface area contributed by atoms with E-state index in [0.717, 1.165) is 18.5 Å². The second-order valence-electron chi connectivity index (χ2n) is 4.86. The number of aromatic nitrogens is 1. The first kappa shape index (κ1) is 13.5. The van der Waals surface area contributed by atoms with Gasteiger partial charge in [0, 0.05) is 24.0 Å². The Morgan fingerprint density at radius 1 is 1.26 bits per heavy atom. The normalized spacial score (nSPS) is 22.7. The molecule has 1 aromatic heterocycles. The average molecular weight is 261 g/mol. The maximum Gasteiger partial charge on any atom is 0.224 e. The topological polar surface area (TPSA) is 82.1 Å². The van der Waals surface area contributed by atoms with Crippen LogP contribution in [0, 0.1) is 11.8 Å². The van der Waals surface area contributed by atoms with Gasteiger partial charge in [-0.25, -0.2) is 0 Å². The van der Waals surface area contributed by atoms with Gasteiger partial charge in [0.15, 0.2) is 0 Å². The molecular formula is C14H17N2O3-. The number of hydrogen-bond acceptors (Lipinski definition) is 4. The summed E-state index contributed by atoms with van der Waals surface area (Å²) in [6.07, 6.45) is 4.55. The van der Waals surface area contributed by atoms with Gasteiger partial charge in [0.2, 0.25) is 5.91 Å². The van der Waals surface area contributed by atoms with E-state index in [-0.39, 0.29) is 5.91 Å². The van der Waals surface area contributed by atoms with Crippen molar-refractivity contribution in [3.8, 4) is 0 Å². The van der Waals surface area contributed by atoms with Gasteiger partial charge in [-0.05, 0) is 25.0 Å². The van der Waals surface area contributed by atoms with Gasteiger partial charge in [-0.15, -0.1) is 0 Å². The number of amides is 1. The lowest BCUT2D eigenvalue weighted by atomic mass is 9.78. The zero-order valence-corrected chi connectivity index (χ0v) is 10.7. The van der Waals surface area contributed by atoms with Crippen molar-refractivity contribution >= 4 is 11.9 Å². The highest BCUT2D eigenvalue weighted by molar-refractivity contribution is 5.84. The van der Waals surface area contributed by atoms with E-state index >= 15 is 0 Å². The van der Waals surface area contributed by atoms with Crippen molar-refractivity contribution in [3.63, 3.8) is 0 Å². The highest BCUT2D eigenvalue weighted by atomic mass is 16.4. The number of nitrogens with one attached hydrogen (secondary N) is 1. The fraction of sp³-hybridized carbons (Fsp3) is 0.500. The van der Waals surface area contributed by atoms with Crippen LogP contribution >= 0.6 is 0 Å². The van der Waals surface area contributed by atoms with Crippen LogP contribution in [0.2, 0.25) is 0 Å². The lowest BCUT2D eigenvalue weighted by Crippen LogP contribution is -2.44. The summed E-state index contributed by atoms with van der Waals surface area (Å²) in [5.41, 5.74) is 0.761. The number of pyridine rings is 1. The van der Waals surface area contributed by atoms with Crippen LogP contribution in [0.25, 0.3) is 0 Å². The molecule has 1 fully saturated rings. The predicted octanol–water partition coefficient (Wildman–Crippen LogP) is 0.254. The van der Waals surface area contributed by atoms with E-state index in [4.69, 9.17) is 0 Å². The fourth-order valence-electron chi connectivity index (χ4n) is 2.54. The van der Waals surface area contributed by atoms with Crippen molar-refractivity contribution < 1.29 is 14.7 Å². The van der Waals surface area contributed by atoms with E-state index in [2.05, 4.69) is 10.3 Å². The second-order valence-corrected chi connectivity index (χ2v) is 4.86. The SMILES string of the molecule is O=C([O-])C1CCCCC1C(=O)NCc1ccccn1. The Morgan fingerprint density at radius 3 is 2.63 bits per heavy atom. The molecule has 0 saturated heterocycles. The molecule has 0 aromatic carbocycles. The molecule has 1 N–H and O–H groups in total. The smallest absolute Gasteiger partial charge is 0.224 e. The highest BCUT2D eigenvalue weighted by Gasteiger charge is 2.31. The van der Waals surface area contributed by atoms with Crippen LogP contribution in [0.3, 0.4) is 0 Å². The summed E-state index contributed by atoms with van der Waals surface area (Å²) < 4.78 is 0. The van der Waals surface area contributed by atoms with Gasteiger partial charge in [-0.3, -0.25) is 9.78 Å². The largest absolute Gasteiger partial charge is 0.550 e. The van der Waals surface area contributed by atoms with E-state index in [9.17, 15) is 14.7 Å². The summed E-state index contributed by atoms with van der Waals surface area (Å²) in [6.45, 7) is 0.329. The summed E-state index contributed by atoms with van der Waals surface area (Å²) in [5.74, 6) is -2.45. The monoisotopic (exact) mass is 261 g/mol. The van der Waals surface area contributed by atoms with Crippen LogP contribution in [0.15, 0.2) is 24.4 Å². The Balaban J connectivity index is 1.93. The molecule has 1 saturated carbocycles. The van der Waals surface area contributed by atoms with E-state index in [1.54, 1.807) is 12.3 Å². The molecule has 5 nitrogen and oxygen atoms in total. The molecule has 0 spiro atoms. The second kappa shape index (κ2) is 6.31. The summed E-state index contributed by atoms with van der Waals surface area (Å²) in [5, 5.41) is 13.8. The molecular weight excluding hydrogens is 244 g/mol. The summed E-state index contributed by atoms with van der Waals surface area (Å²) in [6, 6.07) is 5.47. The third kappa shape index (κ3) is 3.53. The molecule has 1 heterocycles. The molecule has 1 aliphatic rings. The Morgan fingerprint density at radius 2 is 2.00 bits per heavy atom. The van der Waals surface area contributed by atoms with Gasteiger partial charge in [0.25, 0.3) is 0 Å². The van der Waals surface area contributed by atoms with Gasteiger partial charge in [-0.2, -0.15) is 0 Å². The minimum Gasteiger partial charge on any atom is -0.550 e.